The third kappa shape index (κ3) is 3.92. The molecule has 0 N–H and O–H groups in total. The molecule has 0 spiro atoms. The molecule has 0 radical (unpaired) electrons. The Morgan fingerprint density at radius 2 is 1.54 bits per heavy atom. The average Bonchev–Trinajstić information content (AvgIpc) is 2.85. The SMILES string of the molecule is CC(C)Oc1ccc(C2=C(N3CC(C)OC(C)C3)C(=O)N(C(C)C)C2=O)cc1. The lowest BCUT2D eigenvalue weighted by Gasteiger charge is -2.37. The van der Waals surface area contributed by atoms with Crippen LogP contribution in [0.2, 0.25) is 0 Å². The van der Waals surface area contributed by atoms with Crippen molar-refractivity contribution >= 4 is 17.4 Å². The molecule has 2 amide bonds. The van der Waals surface area contributed by atoms with Gasteiger partial charge in [-0.3, -0.25) is 14.5 Å². The third-order valence-corrected chi connectivity index (χ3v) is 4.86. The van der Waals surface area contributed by atoms with Crippen LogP contribution < -0.4 is 4.74 Å². The van der Waals surface area contributed by atoms with E-state index in [1.165, 1.54) is 4.90 Å². The predicted molar refractivity (Wildman–Crippen MR) is 108 cm³/mol. The van der Waals surface area contributed by atoms with E-state index in [9.17, 15) is 9.59 Å². The van der Waals surface area contributed by atoms with E-state index in [0.29, 0.717) is 24.4 Å². The summed E-state index contributed by atoms with van der Waals surface area (Å²) in [5.41, 5.74) is 1.69. The first-order valence-corrected chi connectivity index (χ1v) is 9.98. The second-order valence-electron chi connectivity index (χ2n) is 8.15. The highest BCUT2D eigenvalue weighted by atomic mass is 16.5. The molecule has 3 rings (SSSR count). The molecule has 6 heteroatoms. The van der Waals surface area contributed by atoms with Gasteiger partial charge in [0.15, 0.2) is 0 Å². The lowest BCUT2D eigenvalue weighted by molar-refractivity contribution is -0.140. The summed E-state index contributed by atoms with van der Waals surface area (Å²) in [6, 6.07) is 7.21. The molecule has 2 heterocycles. The first kappa shape index (κ1) is 20.4. The Labute approximate surface area is 167 Å². The monoisotopic (exact) mass is 386 g/mol. The Morgan fingerprint density at radius 3 is 2.04 bits per heavy atom. The summed E-state index contributed by atoms with van der Waals surface area (Å²) >= 11 is 0. The summed E-state index contributed by atoms with van der Waals surface area (Å²) < 4.78 is 11.5. The molecule has 152 valence electrons. The minimum absolute atomic E-state index is 0.00433. The number of nitrogens with zero attached hydrogens (tertiary/aromatic N) is 2. The van der Waals surface area contributed by atoms with Crippen molar-refractivity contribution in [3.63, 3.8) is 0 Å². The van der Waals surface area contributed by atoms with Gasteiger partial charge in [-0.25, -0.2) is 0 Å². The van der Waals surface area contributed by atoms with E-state index in [1.54, 1.807) is 0 Å². The number of rotatable bonds is 5. The van der Waals surface area contributed by atoms with Gasteiger partial charge in [0.05, 0.1) is 23.9 Å². The number of morpholine rings is 1. The van der Waals surface area contributed by atoms with E-state index in [2.05, 4.69) is 0 Å². The van der Waals surface area contributed by atoms with E-state index in [-0.39, 0.29) is 36.2 Å². The number of hydrogen-bond donors (Lipinski definition) is 0. The smallest absolute Gasteiger partial charge is 0.278 e. The van der Waals surface area contributed by atoms with Crippen LogP contribution in [-0.2, 0) is 14.3 Å². The fourth-order valence-electron chi connectivity index (χ4n) is 3.89. The van der Waals surface area contributed by atoms with Gasteiger partial charge in [0, 0.05) is 19.1 Å². The molecule has 2 aliphatic heterocycles. The van der Waals surface area contributed by atoms with Gasteiger partial charge < -0.3 is 14.4 Å². The number of carbonyl (C=O) groups excluding carboxylic acids is 2. The van der Waals surface area contributed by atoms with Gasteiger partial charge in [-0.1, -0.05) is 12.1 Å². The Balaban J connectivity index is 2.04. The van der Waals surface area contributed by atoms with Crippen LogP contribution in [0.3, 0.4) is 0 Å². The van der Waals surface area contributed by atoms with Gasteiger partial charge >= 0.3 is 0 Å². The van der Waals surface area contributed by atoms with Crippen molar-refractivity contribution in [3.8, 4) is 5.75 Å². The topological polar surface area (TPSA) is 59.1 Å². The van der Waals surface area contributed by atoms with Crippen molar-refractivity contribution in [1.29, 1.82) is 0 Å². The van der Waals surface area contributed by atoms with Crippen LogP contribution in [0.15, 0.2) is 30.0 Å². The maximum Gasteiger partial charge on any atom is 0.278 e. The molecule has 1 saturated heterocycles. The van der Waals surface area contributed by atoms with Crippen LogP contribution in [0.4, 0.5) is 0 Å². The van der Waals surface area contributed by atoms with Crippen LogP contribution >= 0.6 is 0 Å². The summed E-state index contributed by atoms with van der Waals surface area (Å²) in [4.78, 5) is 29.8. The molecule has 2 atom stereocenters. The molecule has 28 heavy (non-hydrogen) atoms. The van der Waals surface area contributed by atoms with Crippen molar-refractivity contribution in [2.24, 2.45) is 0 Å². The molecule has 2 aliphatic rings. The van der Waals surface area contributed by atoms with Crippen LogP contribution in [0.25, 0.3) is 5.57 Å². The highest BCUT2D eigenvalue weighted by Gasteiger charge is 2.44. The zero-order valence-corrected chi connectivity index (χ0v) is 17.6. The van der Waals surface area contributed by atoms with E-state index in [0.717, 1.165) is 11.3 Å². The number of hydrogen-bond acceptors (Lipinski definition) is 5. The van der Waals surface area contributed by atoms with Gasteiger partial charge in [-0.05, 0) is 59.2 Å². The van der Waals surface area contributed by atoms with E-state index < -0.39 is 0 Å². The predicted octanol–water partition coefficient (Wildman–Crippen LogP) is 3.07. The van der Waals surface area contributed by atoms with Crippen LogP contribution in [0.1, 0.15) is 47.1 Å². The minimum atomic E-state index is -0.237. The molecule has 0 bridgehead atoms. The molecule has 0 aromatic heterocycles. The number of carbonyl (C=O) groups is 2. The first-order valence-electron chi connectivity index (χ1n) is 9.98. The quantitative estimate of drug-likeness (QED) is 0.728. The summed E-state index contributed by atoms with van der Waals surface area (Å²) in [6.07, 6.45) is 0.0636. The fourth-order valence-corrected chi connectivity index (χ4v) is 3.89. The van der Waals surface area contributed by atoms with Gasteiger partial charge in [0.2, 0.25) is 0 Å². The maximum absolute atomic E-state index is 13.2. The Kier molecular flexibility index (Phi) is 5.79. The summed E-state index contributed by atoms with van der Waals surface area (Å²) in [7, 11) is 0. The zero-order chi connectivity index (χ0) is 20.6. The third-order valence-electron chi connectivity index (χ3n) is 4.86. The fraction of sp³-hybridized carbons (Fsp3) is 0.545. The van der Waals surface area contributed by atoms with E-state index in [4.69, 9.17) is 9.47 Å². The van der Waals surface area contributed by atoms with E-state index >= 15 is 0 Å². The van der Waals surface area contributed by atoms with Crippen molar-refractivity contribution in [2.45, 2.75) is 65.9 Å². The average molecular weight is 386 g/mol. The van der Waals surface area contributed by atoms with Crippen molar-refractivity contribution in [2.75, 3.05) is 13.1 Å². The second-order valence-corrected chi connectivity index (χ2v) is 8.15. The molecule has 2 unspecified atom stereocenters. The molecular formula is C22H30N2O4. The van der Waals surface area contributed by atoms with Crippen LogP contribution in [0.5, 0.6) is 5.75 Å². The lowest BCUT2D eigenvalue weighted by atomic mass is 10.0. The summed E-state index contributed by atoms with van der Waals surface area (Å²) in [5, 5.41) is 0. The number of imide groups is 1. The Hall–Kier alpha value is -2.34. The van der Waals surface area contributed by atoms with Gasteiger partial charge in [0.1, 0.15) is 11.4 Å². The molecule has 1 aromatic carbocycles. The van der Waals surface area contributed by atoms with E-state index in [1.807, 2.05) is 70.7 Å². The summed E-state index contributed by atoms with van der Waals surface area (Å²) in [5.74, 6) is 0.283. The number of amides is 2. The summed E-state index contributed by atoms with van der Waals surface area (Å²) in [6.45, 7) is 12.8. The highest BCUT2D eigenvalue weighted by molar-refractivity contribution is 6.35. The highest BCUT2D eigenvalue weighted by Crippen LogP contribution is 2.34. The van der Waals surface area contributed by atoms with Gasteiger partial charge in [0.25, 0.3) is 11.8 Å². The van der Waals surface area contributed by atoms with Crippen molar-refractivity contribution in [1.82, 2.24) is 9.80 Å². The second kappa shape index (κ2) is 7.95. The normalized spacial score (nSPS) is 23.4. The Morgan fingerprint density at radius 1 is 0.964 bits per heavy atom. The standard InChI is InChI=1S/C22H30N2O4/c1-13(2)24-21(25)19(17-7-9-18(10-8-17)27-14(3)4)20(22(24)26)23-11-15(5)28-16(6)12-23/h7-10,13-16H,11-12H2,1-6H3. The first-order chi connectivity index (χ1) is 13.2. The molecule has 1 fully saturated rings. The van der Waals surface area contributed by atoms with Gasteiger partial charge in [-0.15, -0.1) is 0 Å². The minimum Gasteiger partial charge on any atom is -0.491 e. The zero-order valence-electron chi connectivity index (χ0n) is 17.6. The Bertz CT molecular complexity index is 772. The molecule has 1 aromatic rings. The van der Waals surface area contributed by atoms with Crippen molar-refractivity contribution in [3.05, 3.63) is 35.5 Å². The molecule has 0 saturated carbocycles. The largest absolute Gasteiger partial charge is 0.491 e. The number of benzene rings is 1. The molecule has 0 aliphatic carbocycles. The lowest BCUT2D eigenvalue weighted by Crippen LogP contribution is -2.47. The van der Waals surface area contributed by atoms with Gasteiger partial charge in [-0.2, -0.15) is 0 Å². The number of ether oxygens (including phenoxy) is 2. The maximum atomic E-state index is 13.2. The van der Waals surface area contributed by atoms with Crippen LogP contribution in [-0.4, -0.2) is 59.1 Å². The molecule has 6 nitrogen and oxygen atoms in total. The van der Waals surface area contributed by atoms with Crippen LogP contribution in [0, 0.1) is 0 Å². The van der Waals surface area contributed by atoms with Crippen molar-refractivity contribution < 1.29 is 19.1 Å². The molecular weight excluding hydrogens is 356 g/mol.